The van der Waals surface area contributed by atoms with E-state index in [1.165, 1.54) is 0 Å². The highest BCUT2D eigenvalue weighted by molar-refractivity contribution is 5.54. The van der Waals surface area contributed by atoms with Gasteiger partial charge in [-0.3, -0.25) is 0 Å². The molecular weight excluding hydrogens is 302 g/mol. The largest absolute Gasteiger partial charge is 0.573 e. The highest BCUT2D eigenvalue weighted by atomic mass is 19.4. The van der Waals surface area contributed by atoms with Gasteiger partial charge in [-0.1, -0.05) is 0 Å². The molecule has 0 aliphatic rings. The quantitative estimate of drug-likeness (QED) is 0.487. The zero-order valence-corrected chi connectivity index (χ0v) is 9.37. The molecule has 0 bridgehead atoms. The Morgan fingerprint density at radius 3 is 2.15 bits per heavy atom. The average Bonchev–Trinajstić information content (AvgIpc) is 2.23. The number of alkyl halides is 6. The topological polar surface area (TPSA) is 74.5 Å². The van der Waals surface area contributed by atoms with Crippen molar-refractivity contribution in [3.63, 3.8) is 0 Å². The van der Waals surface area contributed by atoms with Gasteiger partial charge in [-0.2, -0.15) is 13.2 Å². The Kier molecular flexibility index (Phi) is 3.96. The van der Waals surface area contributed by atoms with Crippen molar-refractivity contribution in [3.05, 3.63) is 21.9 Å². The minimum atomic E-state index is -5.43. The standard InChI is InChI=1S/C8H4F6N2O4/c1-19-5-4(7(9,10)11)3(20-8(12,13)14)2-15-6(5)16(17)18/h2H,1H3. The summed E-state index contributed by atoms with van der Waals surface area (Å²) in [4.78, 5) is 12.0. The third-order valence-corrected chi connectivity index (χ3v) is 1.87. The molecule has 0 saturated carbocycles. The fourth-order valence-electron chi connectivity index (χ4n) is 1.26. The molecule has 1 rings (SSSR count). The number of hydrogen-bond acceptors (Lipinski definition) is 5. The van der Waals surface area contributed by atoms with Crippen molar-refractivity contribution in [1.29, 1.82) is 0 Å². The second-order valence-electron chi connectivity index (χ2n) is 3.16. The molecule has 0 aromatic carbocycles. The van der Waals surface area contributed by atoms with Crippen LogP contribution >= 0.6 is 0 Å². The van der Waals surface area contributed by atoms with Gasteiger partial charge in [0.2, 0.25) is 5.75 Å². The average molecular weight is 306 g/mol. The van der Waals surface area contributed by atoms with Crippen LogP contribution in [0.4, 0.5) is 32.2 Å². The van der Waals surface area contributed by atoms with E-state index in [-0.39, 0.29) is 6.20 Å². The third kappa shape index (κ3) is 3.39. The van der Waals surface area contributed by atoms with Gasteiger partial charge in [0.1, 0.15) is 0 Å². The van der Waals surface area contributed by atoms with Crippen LogP contribution in [-0.2, 0) is 6.18 Å². The van der Waals surface area contributed by atoms with Gasteiger partial charge in [-0.25, -0.2) is 0 Å². The van der Waals surface area contributed by atoms with Crippen molar-refractivity contribution in [2.45, 2.75) is 12.5 Å². The van der Waals surface area contributed by atoms with Crippen molar-refractivity contribution in [3.8, 4) is 11.5 Å². The number of nitrogens with zero attached hydrogens (tertiary/aromatic N) is 2. The van der Waals surface area contributed by atoms with Crippen LogP contribution in [-0.4, -0.2) is 23.4 Å². The number of aromatic nitrogens is 1. The Morgan fingerprint density at radius 1 is 1.25 bits per heavy atom. The monoisotopic (exact) mass is 306 g/mol. The Bertz CT molecular complexity index is 527. The summed E-state index contributed by atoms with van der Waals surface area (Å²) >= 11 is 0. The number of methoxy groups -OCH3 is 1. The van der Waals surface area contributed by atoms with Crippen LogP contribution in [0.15, 0.2) is 6.20 Å². The molecule has 1 aromatic heterocycles. The smallest absolute Gasteiger partial charge is 0.488 e. The molecule has 0 fully saturated rings. The molecule has 0 spiro atoms. The maximum Gasteiger partial charge on any atom is 0.573 e. The third-order valence-electron chi connectivity index (χ3n) is 1.87. The molecule has 0 unspecified atom stereocenters. The van der Waals surface area contributed by atoms with Gasteiger partial charge in [0.15, 0.2) is 17.5 Å². The van der Waals surface area contributed by atoms with E-state index >= 15 is 0 Å². The van der Waals surface area contributed by atoms with E-state index in [2.05, 4.69) is 14.5 Å². The van der Waals surface area contributed by atoms with Crippen LogP contribution in [0.3, 0.4) is 0 Å². The Balaban J connectivity index is 3.59. The summed E-state index contributed by atoms with van der Waals surface area (Å²) < 4.78 is 81.5. The summed E-state index contributed by atoms with van der Waals surface area (Å²) in [5.74, 6) is -4.59. The minimum absolute atomic E-state index is 0.0447. The fourth-order valence-corrected chi connectivity index (χ4v) is 1.26. The molecule has 0 atom stereocenters. The van der Waals surface area contributed by atoms with Crippen molar-refractivity contribution in [2.24, 2.45) is 0 Å². The summed E-state index contributed by atoms with van der Waals surface area (Å²) in [5, 5.41) is 10.5. The van der Waals surface area contributed by atoms with Crippen LogP contribution in [0.5, 0.6) is 11.5 Å². The van der Waals surface area contributed by atoms with Crippen LogP contribution in [0, 0.1) is 10.1 Å². The summed E-state index contributed by atoms with van der Waals surface area (Å²) in [7, 11) is 0.622. The molecule has 0 saturated heterocycles. The molecule has 0 amide bonds. The van der Waals surface area contributed by atoms with Crippen LogP contribution in [0.2, 0.25) is 0 Å². The minimum Gasteiger partial charge on any atom is -0.488 e. The van der Waals surface area contributed by atoms with Crippen molar-refractivity contribution >= 4 is 5.82 Å². The first kappa shape index (κ1) is 15.8. The molecule has 0 radical (unpaired) electrons. The van der Waals surface area contributed by atoms with E-state index in [4.69, 9.17) is 0 Å². The van der Waals surface area contributed by atoms with Gasteiger partial charge in [0, 0.05) is 0 Å². The second kappa shape index (κ2) is 5.02. The van der Waals surface area contributed by atoms with Gasteiger partial charge < -0.3 is 19.6 Å². The lowest BCUT2D eigenvalue weighted by Gasteiger charge is -2.16. The maximum atomic E-state index is 12.7. The SMILES string of the molecule is COc1c([N+](=O)[O-])ncc(OC(F)(F)F)c1C(F)(F)F. The number of rotatable bonds is 3. The highest BCUT2D eigenvalue weighted by Gasteiger charge is 2.46. The number of ether oxygens (including phenoxy) is 2. The number of nitro groups is 1. The number of halogens is 6. The van der Waals surface area contributed by atoms with E-state index < -0.39 is 40.3 Å². The molecule has 0 N–H and O–H groups in total. The molecule has 6 nitrogen and oxygen atoms in total. The zero-order chi connectivity index (χ0) is 15.7. The van der Waals surface area contributed by atoms with Gasteiger partial charge in [-0.05, 0) is 9.91 Å². The lowest BCUT2D eigenvalue weighted by molar-refractivity contribution is -0.390. The molecule has 0 aliphatic heterocycles. The van der Waals surface area contributed by atoms with Gasteiger partial charge in [0.25, 0.3) is 0 Å². The number of pyridine rings is 1. The first-order valence-electron chi connectivity index (χ1n) is 4.51. The maximum absolute atomic E-state index is 12.7. The Labute approximate surface area is 106 Å². The summed E-state index contributed by atoms with van der Waals surface area (Å²) in [6, 6.07) is 0. The normalized spacial score (nSPS) is 12.2. The predicted octanol–water partition coefficient (Wildman–Crippen LogP) is 2.92. The molecule has 20 heavy (non-hydrogen) atoms. The first-order valence-corrected chi connectivity index (χ1v) is 4.51. The summed E-state index contributed by atoms with van der Waals surface area (Å²) in [6.45, 7) is 0. The first-order chi connectivity index (χ1) is 8.97. The molecule has 1 aromatic rings. The van der Waals surface area contributed by atoms with E-state index in [0.717, 1.165) is 0 Å². The van der Waals surface area contributed by atoms with E-state index in [9.17, 15) is 36.5 Å². The van der Waals surface area contributed by atoms with Gasteiger partial charge >= 0.3 is 18.4 Å². The molecule has 0 aliphatic carbocycles. The molecule has 12 heteroatoms. The zero-order valence-electron chi connectivity index (χ0n) is 9.37. The van der Waals surface area contributed by atoms with Gasteiger partial charge in [-0.15, -0.1) is 13.2 Å². The van der Waals surface area contributed by atoms with Crippen LogP contribution in [0.1, 0.15) is 5.56 Å². The van der Waals surface area contributed by atoms with E-state index in [1.807, 2.05) is 0 Å². The highest BCUT2D eigenvalue weighted by Crippen LogP contribution is 2.46. The van der Waals surface area contributed by atoms with Crippen LogP contribution < -0.4 is 9.47 Å². The lowest BCUT2D eigenvalue weighted by atomic mass is 10.2. The number of hydrogen-bond donors (Lipinski definition) is 0. The van der Waals surface area contributed by atoms with E-state index in [0.29, 0.717) is 7.11 Å². The summed E-state index contributed by atoms with van der Waals surface area (Å²) in [5.41, 5.74) is -2.07. The predicted molar refractivity (Wildman–Crippen MR) is 49.1 cm³/mol. The summed E-state index contributed by atoms with van der Waals surface area (Å²) in [6.07, 6.45) is -10.8. The van der Waals surface area contributed by atoms with Gasteiger partial charge in [0.05, 0.1) is 7.11 Å². The van der Waals surface area contributed by atoms with E-state index in [1.54, 1.807) is 0 Å². The Hall–Kier alpha value is -2.27. The molecule has 1 heterocycles. The second-order valence-corrected chi connectivity index (χ2v) is 3.16. The van der Waals surface area contributed by atoms with Crippen LogP contribution in [0.25, 0.3) is 0 Å². The van der Waals surface area contributed by atoms with Crippen molar-refractivity contribution < 1.29 is 40.7 Å². The van der Waals surface area contributed by atoms with Crippen molar-refractivity contribution in [2.75, 3.05) is 7.11 Å². The van der Waals surface area contributed by atoms with Crippen molar-refractivity contribution in [1.82, 2.24) is 4.98 Å². The molecule has 112 valence electrons. The lowest BCUT2D eigenvalue weighted by Crippen LogP contribution is -2.21. The Morgan fingerprint density at radius 2 is 1.80 bits per heavy atom. The molecular formula is C8H4F6N2O4. The fraction of sp³-hybridized carbons (Fsp3) is 0.375.